The maximum Gasteiger partial charge on any atom is 0.262 e. The highest BCUT2D eigenvalue weighted by molar-refractivity contribution is 5.86. The van der Waals surface area contributed by atoms with E-state index in [1.807, 2.05) is 18.2 Å². The normalized spacial score (nSPS) is 12.0. The molecule has 0 unspecified atom stereocenters. The van der Waals surface area contributed by atoms with E-state index in [1.54, 1.807) is 32.2 Å². The third-order valence-corrected chi connectivity index (χ3v) is 3.13. The van der Waals surface area contributed by atoms with Gasteiger partial charge in [-0.25, -0.2) is 9.82 Å². The molecule has 1 amide bonds. The minimum Gasteiger partial charge on any atom is -0.495 e. The molecule has 120 valence electrons. The minimum atomic E-state index is -0.503. The quantitative estimate of drug-likeness (QED) is 0.636. The molecule has 0 saturated heterocycles. The van der Waals surface area contributed by atoms with Gasteiger partial charge in [0.15, 0.2) is 0 Å². The highest BCUT2D eigenvalue weighted by Gasteiger charge is 2.13. The molecule has 0 aliphatic carbocycles. The number of nitrogens with one attached hydrogen (secondary N) is 2. The fourth-order valence-corrected chi connectivity index (χ4v) is 1.88. The first-order valence-corrected chi connectivity index (χ1v) is 7.08. The van der Waals surface area contributed by atoms with E-state index in [0.29, 0.717) is 11.3 Å². The van der Waals surface area contributed by atoms with Crippen LogP contribution in [0.15, 0.2) is 53.6 Å². The molecule has 0 bridgehead atoms. The van der Waals surface area contributed by atoms with Crippen LogP contribution in [0.5, 0.6) is 5.75 Å². The van der Waals surface area contributed by atoms with Gasteiger partial charge in [0.2, 0.25) is 0 Å². The number of carbonyl (C=O) groups excluding carboxylic acids is 1. The zero-order valence-electron chi connectivity index (χ0n) is 12.9. The summed E-state index contributed by atoms with van der Waals surface area (Å²) in [6, 6.07) is 12.6. The van der Waals surface area contributed by atoms with Gasteiger partial charge in [-0.3, -0.25) is 4.79 Å². The molecular weight excluding hydrogens is 297 g/mol. The van der Waals surface area contributed by atoms with Crippen molar-refractivity contribution in [1.82, 2.24) is 5.43 Å². The van der Waals surface area contributed by atoms with E-state index in [2.05, 4.69) is 15.8 Å². The van der Waals surface area contributed by atoms with E-state index in [9.17, 15) is 9.18 Å². The minimum absolute atomic E-state index is 0.297. The number of methoxy groups -OCH3 is 1. The molecule has 0 aliphatic rings. The molecule has 23 heavy (non-hydrogen) atoms. The summed E-state index contributed by atoms with van der Waals surface area (Å²) in [6.45, 7) is 1.72. The fraction of sp³-hybridized carbons (Fsp3) is 0.176. The SMILES string of the molecule is COc1ccccc1N[C@H](C)C(=O)NN=Cc1ccc(F)cc1. The number of ether oxygens (including phenoxy) is 1. The number of amides is 1. The molecule has 2 rings (SSSR count). The number of carbonyl (C=O) groups is 1. The maximum atomic E-state index is 12.8. The molecule has 0 heterocycles. The summed E-state index contributed by atoms with van der Waals surface area (Å²) >= 11 is 0. The van der Waals surface area contributed by atoms with E-state index in [0.717, 1.165) is 5.69 Å². The van der Waals surface area contributed by atoms with Crippen LogP contribution in [0.4, 0.5) is 10.1 Å². The zero-order valence-corrected chi connectivity index (χ0v) is 12.9. The molecule has 0 radical (unpaired) electrons. The van der Waals surface area contributed by atoms with Gasteiger partial charge in [-0.2, -0.15) is 5.10 Å². The number of hydrogen-bond acceptors (Lipinski definition) is 4. The largest absolute Gasteiger partial charge is 0.495 e. The van der Waals surface area contributed by atoms with Gasteiger partial charge in [0.1, 0.15) is 17.6 Å². The van der Waals surface area contributed by atoms with Gasteiger partial charge in [-0.15, -0.1) is 0 Å². The average molecular weight is 315 g/mol. The number of rotatable bonds is 6. The van der Waals surface area contributed by atoms with E-state index in [-0.39, 0.29) is 11.7 Å². The van der Waals surface area contributed by atoms with E-state index < -0.39 is 6.04 Å². The molecule has 6 heteroatoms. The molecule has 0 aliphatic heterocycles. The van der Waals surface area contributed by atoms with Gasteiger partial charge in [0.25, 0.3) is 5.91 Å². The summed E-state index contributed by atoms with van der Waals surface area (Å²) in [6.07, 6.45) is 1.45. The van der Waals surface area contributed by atoms with Crippen LogP contribution in [-0.4, -0.2) is 25.3 Å². The number of benzene rings is 2. The lowest BCUT2D eigenvalue weighted by atomic mass is 10.2. The van der Waals surface area contributed by atoms with Crippen LogP contribution in [-0.2, 0) is 4.79 Å². The van der Waals surface area contributed by atoms with Crippen molar-refractivity contribution in [2.24, 2.45) is 5.10 Å². The molecule has 0 aromatic heterocycles. The topological polar surface area (TPSA) is 62.7 Å². The van der Waals surface area contributed by atoms with Crippen molar-refractivity contribution in [2.75, 3.05) is 12.4 Å². The van der Waals surface area contributed by atoms with E-state index in [1.165, 1.54) is 18.3 Å². The Hall–Kier alpha value is -2.89. The first-order chi connectivity index (χ1) is 11.1. The van der Waals surface area contributed by atoms with E-state index in [4.69, 9.17) is 4.74 Å². The van der Waals surface area contributed by atoms with Gasteiger partial charge in [0.05, 0.1) is 19.0 Å². The molecule has 1 atom stereocenters. The number of anilines is 1. The number of hydrogen-bond donors (Lipinski definition) is 2. The molecule has 2 aromatic rings. The first-order valence-electron chi connectivity index (χ1n) is 7.08. The first kappa shape index (κ1) is 16.5. The summed E-state index contributed by atoms with van der Waals surface area (Å²) in [5.74, 6) is 0.0389. The van der Waals surface area contributed by atoms with Crippen LogP contribution in [0.3, 0.4) is 0 Å². The zero-order chi connectivity index (χ0) is 16.7. The molecule has 5 nitrogen and oxygen atoms in total. The van der Waals surface area contributed by atoms with Crippen molar-refractivity contribution in [3.63, 3.8) is 0 Å². The third-order valence-electron chi connectivity index (χ3n) is 3.13. The average Bonchev–Trinajstić information content (AvgIpc) is 2.57. The predicted molar refractivity (Wildman–Crippen MR) is 88.2 cm³/mol. The predicted octanol–water partition coefficient (Wildman–Crippen LogP) is 2.79. The fourth-order valence-electron chi connectivity index (χ4n) is 1.88. The van der Waals surface area contributed by atoms with Gasteiger partial charge >= 0.3 is 0 Å². The molecular formula is C17H18FN3O2. The lowest BCUT2D eigenvalue weighted by molar-refractivity contribution is -0.121. The lowest BCUT2D eigenvalue weighted by Crippen LogP contribution is -2.35. The number of para-hydroxylation sites is 2. The van der Waals surface area contributed by atoms with Crippen LogP contribution in [0.1, 0.15) is 12.5 Å². The van der Waals surface area contributed by atoms with E-state index >= 15 is 0 Å². The van der Waals surface area contributed by atoms with Crippen molar-refractivity contribution in [2.45, 2.75) is 13.0 Å². The second-order valence-electron chi connectivity index (χ2n) is 4.85. The Morgan fingerprint density at radius 2 is 1.91 bits per heavy atom. The Morgan fingerprint density at radius 3 is 2.61 bits per heavy atom. The Bertz CT molecular complexity index is 686. The summed E-state index contributed by atoms with van der Waals surface area (Å²) in [4.78, 5) is 12.0. The van der Waals surface area contributed by atoms with Gasteiger partial charge in [-0.05, 0) is 36.8 Å². The maximum absolute atomic E-state index is 12.8. The van der Waals surface area contributed by atoms with Crippen LogP contribution in [0.2, 0.25) is 0 Å². The second kappa shape index (κ2) is 7.93. The molecule has 0 saturated carbocycles. The standard InChI is InChI=1S/C17H18FN3O2/c1-12(20-15-5-3-4-6-16(15)23-2)17(22)21-19-11-13-7-9-14(18)10-8-13/h3-12,20H,1-2H3,(H,21,22)/t12-/m1/s1. The third kappa shape index (κ3) is 4.81. The Balaban J connectivity index is 1.91. The van der Waals surface area contributed by atoms with Crippen LogP contribution < -0.4 is 15.5 Å². The lowest BCUT2D eigenvalue weighted by Gasteiger charge is -2.15. The summed E-state index contributed by atoms with van der Waals surface area (Å²) in [5.41, 5.74) is 3.85. The number of hydrazone groups is 1. The highest BCUT2D eigenvalue weighted by atomic mass is 19.1. The van der Waals surface area contributed by atoms with Crippen molar-refractivity contribution in [3.8, 4) is 5.75 Å². The van der Waals surface area contributed by atoms with Crippen LogP contribution >= 0.6 is 0 Å². The second-order valence-corrected chi connectivity index (χ2v) is 4.85. The molecule has 0 fully saturated rings. The van der Waals surface area contributed by atoms with Crippen molar-refractivity contribution in [1.29, 1.82) is 0 Å². The highest BCUT2D eigenvalue weighted by Crippen LogP contribution is 2.23. The van der Waals surface area contributed by atoms with Gasteiger partial charge < -0.3 is 10.1 Å². The number of halogens is 1. The molecule has 0 spiro atoms. The van der Waals surface area contributed by atoms with Crippen LogP contribution in [0.25, 0.3) is 0 Å². The van der Waals surface area contributed by atoms with Gasteiger partial charge in [0, 0.05) is 0 Å². The monoisotopic (exact) mass is 315 g/mol. The van der Waals surface area contributed by atoms with Crippen molar-refractivity contribution in [3.05, 3.63) is 59.9 Å². The molecule has 2 N–H and O–H groups in total. The summed E-state index contributed by atoms with van der Waals surface area (Å²) < 4.78 is 18.0. The molecule has 2 aromatic carbocycles. The Labute approximate surface area is 134 Å². The smallest absolute Gasteiger partial charge is 0.262 e. The Kier molecular flexibility index (Phi) is 5.68. The Morgan fingerprint density at radius 1 is 1.22 bits per heavy atom. The van der Waals surface area contributed by atoms with Gasteiger partial charge in [-0.1, -0.05) is 24.3 Å². The summed E-state index contributed by atoms with van der Waals surface area (Å²) in [7, 11) is 1.57. The van der Waals surface area contributed by atoms with Crippen molar-refractivity contribution < 1.29 is 13.9 Å². The van der Waals surface area contributed by atoms with Crippen molar-refractivity contribution >= 4 is 17.8 Å². The van der Waals surface area contributed by atoms with Crippen LogP contribution in [0, 0.1) is 5.82 Å². The number of nitrogens with zero attached hydrogens (tertiary/aromatic N) is 1. The summed E-state index contributed by atoms with van der Waals surface area (Å²) in [5, 5.41) is 6.92.